The first-order valence-corrected chi connectivity index (χ1v) is 8.03. The summed E-state index contributed by atoms with van der Waals surface area (Å²) in [4.78, 5) is 0.322. The van der Waals surface area contributed by atoms with E-state index in [9.17, 15) is 8.42 Å². The average molecular weight is 292 g/mol. The first-order chi connectivity index (χ1) is 9.59. The third-order valence-electron chi connectivity index (χ3n) is 3.53. The van der Waals surface area contributed by atoms with Gasteiger partial charge in [0, 0.05) is 12.6 Å². The highest BCUT2D eigenvalue weighted by molar-refractivity contribution is 7.89. The predicted octanol–water partition coefficient (Wildman–Crippen LogP) is 2.51. The van der Waals surface area contributed by atoms with Crippen LogP contribution in [-0.2, 0) is 10.0 Å². The van der Waals surface area contributed by atoms with Crippen LogP contribution in [-0.4, -0.2) is 24.4 Å². The zero-order valence-electron chi connectivity index (χ0n) is 11.2. The third kappa shape index (κ3) is 2.25. The Morgan fingerprint density at radius 2 is 2.05 bits per heavy atom. The molecular formula is C14H16N2O3S. The number of nitrogens with zero attached hydrogens (tertiary/aromatic N) is 2. The second kappa shape index (κ2) is 5.03. The maximum Gasteiger partial charge on any atom is 0.243 e. The first-order valence-electron chi connectivity index (χ1n) is 6.59. The summed E-state index contributed by atoms with van der Waals surface area (Å²) in [5.41, 5.74) is 0.768. The van der Waals surface area contributed by atoms with Crippen molar-refractivity contribution in [3.8, 4) is 0 Å². The highest BCUT2D eigenvalue weighted by Crippen LogP contribution is 2.36. The second-order valence-electron chi connectivity index (χ2n) is 4.96. The molecule has 1 atom stereocenters. The predicted molar refractivity (Wildman–Crippen MR) is 73.5 cm³/mol. The molecule has 6 heteroatoms. The van der Waals surface area contributed by atoms with Crippen molar-refractivity contribution < 1.29 is 12.9 Å². The van der Waals surface area contributed by atoms with Crippen LogP contribution >= 0.6 is 0 Å². The fraction of sp³-hybridized carbons (Fsp3) is 0.357. The van der Waals surface area contributed by atoms with Gasteiger partial charge in [0.2, 0.25) is 10.0 Å². The zero-order chi connectivity index (χ0) is 14.2. The van der Waals surface area contributed by atoms with Gasteiger partial charge in [-0.05, 0) is 31.9 Å². The van der Waals surface area contributed by atoms with E-state index in [2.05, 4.69) is 5.16 Å². The lowest BCUT2D eigenvalue weighted by atomic mass is 10.2. The van der Waals surface area contributed by atoms with Crippen LogP contribution in [0.4, 0.5) is 0 Å². The van der Waals surface area contributed by atoms with Gasteiger partial charge in [-0.3, -0.25) is 0 Å². The van der Waals surface area contributed by atoms with Gasteiger partial charge < -0.3 is 4.52 Å². The molecule has 1 saturated heterocycles. The molecule has 0 amide bonds. The van der Waals surface area contributed by atoms with Crippen LogP contribution in [0.15, 0.2) is 45.8 Å². The minimum absolute atomic E-state index is 0.249. The van der Waals surface area contributed by atoms with Gasteiger partial charge in [-0.1, -0.05) is 23.4 Å². The molecule has 3 rings (SSSR count). The zero-order valence-corrected chi connectivity index (χ0v) is 12.0. The molecule has 106 valence electrons. The van der Waals surface area contributed by atoms with Crippen molar-refractivity contribution in [1.29, 1.82) is 0 Å². The Kier molecular flexibility index (Phi) is 3.35. The Morgan fingerprint density at radius 3 is 2.70 bits per heavy atom. The normalized spacial score (nSPS) is 20.4. The van der Waals surface area contributed by atoms with Gasteiger partial charge in [-0.25, -0.2) is 8.42 Å². The largest absolute Gasteiger partial charge is 0.359 e. The Bertz CT molecular complexity index is 694. The van der Waals surface area contributed by atoms with E-state index in [1.807, 2.05) is 13.0 Å². The quantitative estimate of drug-likeness (QED) is 0.872. The van der Waals surface area contributed by atoms with Crippen LogP contribution < -0.4 is 0 Å². The number of rotatable bonds is 3. The summed E-state index contributed by atoms with van der Waals surface area (Å²) in [6.07, 6.45) is 1.59. The van der Waals surface area contributed by atoms with Gasteiger partial charge in [0.25, 0.3) is 0 Å². The molecule has 0 unspecified atom stereocenters. The van der Waals surface area contributed by atoms with Crippen LogP contribution in [0.2, 0.25) is 0 Å². The summed E-state index contributed by atoms with van der Waals surface area (Å²) in [5, 5.41) is 3.85. The number of aryl methyl sites for hydroxylation is 1. The SMILES string of the molecule is Cc1cc([C@@H]2CCCN2S(=O)(=O)c2ccccc2)on1. The summed E-state index contributed by atoms with van der Waals surface area (Å²) in [7, 11) is -3.48. The molecule has 2 aromatic rings. The Balaban J connectivity index is 1.97. The molecule has 0 radical (unpaired) electrons. The minimum Gasteiger partial charge on any atom is -0.359 e. The number of hydrogen-bond donors (Lipinski definition) is 0. The van der Waals surface area contributed by atoms with Gasteiger partial charge in [0.1, 0.15) is 0 Å². The molecule has 5 nitrogen and oxygen atoms in total. The monoisotopic (exact) mass is 292 g/mol. The molecule has 1 aromatic heterocycles. The molecule has 1 aliphatic heterocycles. The molecule has 1 aliphatic rings. The maximum atomic E-state index is 12.7. The molecule has 0 N–H and O–H groups in total. The van der Waals surface area contributed by atoms with Crippen molar-refractivity contribution in [3.05, 3.63) is 47.9 Å². The lowest BCUT2D eigenvalue weighted by molar-refractivity contribution is 0.297. The average Bonchev–Trinajstić information content (AvgIpc) is 3.08. The lowest BCUT2D eigenvalue weighted by Gasteiger charge is -2.22. The van der Waals surface area contributed by atoms with Crippen molar-refractivity contribution in [2.24, 2.45) is 0 Å². The van der Waals surface area contributed by atoms with Crippen molar-refractivity contribution in [1.82, 2.24) is 9.46 Å². The Hall–Kier alpha value is -1.66. The minimum atomic E-state index is -3.48. The standard InChI is InChI=1S/C14H16N2O3S/c1-11-10-14(19-15-11)13-8-5-9-16(13)20(17,18)12-6-3-2-4-7-12/h2-4,6-7,10,13H,5,8-9H2,1H3/t13-/m0/s1. The molecule has 0 bridgehead atoms. The Morgan fingerprint density at radius 1 is 1.30 bits per heavy atom. The van der Waals surface area contributed by atoms with Gasteiger partial charge in [0.15, 0.2) is 5.76 Å². The maximum absolute atomic E-state index is 12.7. The van der Waals surface area contributed by atoms with Crippen LogP contribution in [0.1, 0.15) is 30.3 Å². The van der Waals surface area contributed by atoms with Crippen molar-refractivity contribution >= 4 is 10.0 Å². The molecule has 2 heterocycles. The van der Waals surface area contributed by atoms with Gasteiger partial charge in [-0.2, -0.15) is 4.31 Å². The molecule has 1 fully saturated rings. The van der Waals surface area contributed by atoms with E-state index in [-0.39, 0.29) is 6.04 Å². The van der Waals surface area contributed by atoms with E-state index in [1.165, 1.54) is 4.31 Å². The molecular weight excluding hydrogens is 276 g/mol. The van der Waals surface area contributed by atoms with E-state index in [4.69, 9.17) is 4.52 Å². The highest BCUT2D eigenvalue weighted by Gasteiger charge is 2.38. The van der Waals surface area contributed by atoms with Crippen molar-refractivity contribution in [2.75, 3.05) is 6.54 Å². The van der Waals surface area contributed by atoms with Gasteiger partial charge in [-0.15, -0.1) is 0 Å². The van der Waals surface area contributed by atoms with Crippen molar-refractivity contribution in [2.45, 2.75) is 30.7 Å². The van der Waals surface area contributed by atoms with E-state index in [0.29, 0.717) is 17.2 Å². The second-order valence-corrected chi connectivity index (χ2v) is 6.85. The van der Waals surface area contributed by atoms with Gasteiger partial charge in [0.05, 0.1) is 16.6 Å². The summed E-state index contributed by atoms with van der Waals surface area (Å²) < 4.78 is 32.1. The topological polar surface area (TPSA) is 63.4 Å². The summed E-state index contributed by atoms with van der Waals surface area (Å²) in [6, 6.07) is 10.1. The third-order valence-corrected chi connectivity index (χ3v) is 5.45. The molecule has 20 heavy (non-hydrogen) atoms. The van der Waals surface area contributed by atoms with Crippen LogP contribution in [0, 0.1) is 6.92 Å². The van der Waals surface area contributed by atoms with E-state index in [0.717, 1.165) is 18.5 Å². The number of aromatic nitrogens is 1. The first kappa shape index (κ1) is 13.3. The molecule has 0 spiro atoms. The van der Waals surface area contributed by atoms with Crippen molar-refractivity contribution in [3.63, 3.8) is 0 Å². The summed E-state index contributed by atoms with van der Waals surface area (Å²) in [5.74, 6) is 0.625. The summed E-state index contributed by atoms with van der Waals surface area (Å²) >= 11 is 0. The van der Waals surface area contributed by atoms with Gasteiger partial charge >= 0.3 is 0 Å². The highest BCUT2D eigenvalue weighted by atomic mass is 32.2. The Labute approximate surface area is 118 Å². The smallest absolute Gasteiger partial charge is 0.243 e. The lowest BCUT2D eigenvalue weighted by Crippen LogP contribution is -2.30. The number of benzene rings is 1. The molecule has 0 saturated carbocycles. The van der Waals surface area contributed by atoms with Crippen LogP contribution in [0.25, 0.3) is 0 Å². The van der Waals surface area contributed by atoms with E-state index >= 15 is 0 Å². The van der Waals surface area contributed by atoms with E-state index < -0.39 is 10.0 Å². The summed E-state index contributed by atoms with van der Waals surface area (Å²) in [6.45, 7) is 2.35. The van der Waals surface area contributed by atoms with Crippen LogP contribution in [0.5, 0.6) is 0 Å². The van der Waals surface area contributed by atoms with E-state index in [1.54, 1.807) is 30.3 Å². The fourth-order valence-corrected chi connectivity index (χ4v) is 4.27. The fourth-order valence-electron chi connectivity index (χ4n) is 2.58. The molecule has 1 aromatic carbocycles. The number of hydrogen-bond acceptors (Lipinski definition) is 4. The van der Waals surface area contributed by atoms with Crippen LogP contribution in [0.3, 0.4) is 0 Å². The number of sulfonamides is 1. The molecule has 0 aliphatic carbocycles.